The van der Waals surface area contributed by atoms with Gasteiger partial charge in [-0.3, -0.25) is 24.5 Å². The van der Waals surface area contributed by atoms with Crippen LogP contribution in [0.1, 0.15) is 19.4 Å². The van der Waals surface area contributed by atoms with Crippen molar-refractivity contribution in [3.8, 4) is 0 Å². The van der Waals surface area contributed by atoms with Crippen molar-refractivity contribution in [3.05, 3.63) is 51.8 Å². The van der Waals surface area contributed by atoms with Gasteiger partial charge < -0.3 is 20.9 Å². The van der Waals surface area contributed by atoms with Gasteiger partial charge in [0.05, 0.1) is 16.9 Å². The van der Waals surface area contributed by atoms with Gasteiger partial charge in [-0.05, 0) is 35.0 Å². The van der Waals surface area contributed by atoms with Gasteiger partial charge in [-0.25, -0.2) is 9.48 Å². The molecule has 0 radical (unpaired) electrons. The summed E-state index contributed by atoms with van der Waals surface area (Å²) in [5.74, 6) is -4.74. The number of hydrogen-bond acceptors (Lipinski definition) is 10. The lowest BCUT2D eigenvalue weighted by Crippen LogP contribution is -2.68. The first-order valence-corrected chi connectivity index (χ1v) is 10.6. The quantitative estimate of drug-likeness (QED) is 0.0550. The van der Waals surface area contributed by atoms with Crippen LogP contribution in [0, 0.1) is 22.0 Å². The number of non-ortho nitro benzene ring substituents is 1. The van der Waals surface area contributed by atoms with E-state index in [1.165, 1.54) is 42.2 Å². The van der Waals surface area contributed by atoms with Crippen LogP contribution in [0.5, 0.6) is 0 Å². The number of nitro benzene ring substituents is 1. The van der Waals surface area contributed by atoms with E-state index < -0.39 is 58.1 Å². The lowest BCUT2D eigenvalue weighted by Gasteiger charge is -2.42. The van der Waals surface area contributed by atoms with Crippen LogP contribution in [0.4, 0.5) is 5.69 Å². The van der Waals surface area contributed by atoms with Crippen molar-refractivity contribution in [1.82, 2.24) is 30.8 Å². The van der Waals surface area contributed by atoms with E-state index >= 15 is 0 Å². The lowest BCUT2D eigenvalue weighted by atomic mass is 9.75. The van der Waals surface area contributed by atoms with E-state index in [1.807, 2.05) is 0 Å². The van der Waals surface area contributed by atoms with Crippen LogP contribution < -0.4 is 10.6 Å². The average Bonchev–Trinajstić information content (AvgIpc) is 3.33. The molecule has 0 spiro atoms. The Labute approximate surface area is 202 Å². The summed E-state index contributed by atoms with van der Waals surface area (Å²) in [5, 5.41) is 26.4. The summed E-state index contributed by atoms with van der Waals surface area (Å²) < 4.78 is 6.19. The number of ketones is 1. The highest BCUT2D eigenvalue weighted by Crippen LogP contribution is 2.26. The van der Waals surface area contributed by atoms with Gasteiger partial charge in [-0.15, -0.1) is 5.10 Å². The molecule has 188 valence electrons. The summed E-state index contributed by atoms with van der Waals surface area (Å²) in [6.07, 6.45) is 1.25. The number of nitrogens with one attached hydrogen (secondary N) is 2. The number of Topliss-reactive ketones (excluding diaryl/α,β-unsaturated/α-hetero) is 1. The second-order valence-corrected chi connectivity index (χ2v) is 8.02. The molecule has 3 rings (SSSR count). The summed E-state index contributed by atoms with van der Waals surface area (Å²) in [6, 6.07) is 3.75. The Bertz CT molecular complexity index is 1220. The minimum absolute atomic E-state index is 0.149. The number of nitrogens with zero attached hydrogens (tertiary/aromatic N) is 7. The van der Waals surface area contributed by atoms with Crippen LogP contribution in [0.3, 0.4) is 0 Å². The van der Waals surface area contributed by atoms with Crippen molar-refractivity contribution >= 4 is 35.0 Å². The van der Waals surface area contributed by atoms with Crippen LogP contribution in [0.2, 0.25) is 0 Å². The van der Waals surface area contributed by atoms with Crippen molar-refractivity contribution in [3.63, 3.8) is 0 Å². The molecule has 0 bridgehead atoms. The van der Waals surface area contributed by atoms with Gasteiger partial charge >= 0.3 is 11.7 Å². The van der Waals surface area contributed by atoms with Crippen molar-refractivity contribution in [2.75, 3.05) is 0 Å². The molecule has 1 aromatic carbocycles. The van der Waals surface area contributed by atoms with Crippen molar-refractivity contribution < 1.29 is 33.6 Å². The summed E-state index contributed by atoms with van der Waals surface area (Å²) in [4.78, 5) is 62.5. The molecule has 1 saturated heterocycles. The molecular weight excluding hydrogens is 478 g/mol. The minimum atomic E-state index is -1.21. The highest BCUT2D eigenvalue weighted by molar-refractivity contribution is 6.62. The molecule has 1 fully saturated rings. The number of aromatic nitrogens is 4. The number of tetrazole rings is 1. The van der Waals surface area contributed by atoms with E-state index in [4.69, 9.17) is 4.74 Å². The Hall–Kier alpha value is -4.85. The van der Waals surface area contributed by atoms with E-state index in [0.717, 1.165) is 0 Å². The fourth-order valence-electron chi connectivity index (χ4n) is 3.68. The monoisotopic (exact) mass is 499 g/mol. The highest BCUT2D eigenvalue weighted by Gasteiger charge is 2.50. The first kappa shape index (κ1) is 25.8. The van der Waals surface area contributed by atoms with E-state index in [1.54, 1.807) is 6.92 Å². The van der Waals surface area contributed by atoms with Crippen LogP contribution in [0.15, 0.2) is 30.6 Å². The standard InChI is InChI=1S/C20H21N9O7/c1-10(16-15(19(32)24-16)11(2)23-14(30)7-28-9-22-26-27-28)18(31)17(25-21)20(33)36-8-12-3-5-13(6-4-12)29(34)35/h3-6,9-11,15-16H,7-8H2,1-2H3,(H,23,30)(H,24,32)/t10?,11?,15-,16-/m1/s1. The Morgan fingerprint density at radius 1 is 1.31 bits per heavy atom. The first-order chi connectivity index (χ1) is 17.1. The van der Waals surface area contributed by atoms with Gasteiger partial charge in [0.1, 0.15) is 19.5 Å². The molecule has 36 heavy (non-hydrogen) atoms. The fourth-order valence-corrected chi connectivity index (χ4v) is 3.68. The van der Waals surface area contributed by atoms with Gasteiger partial charge in [0.15, 0.2) is 0 Å². The Kier molecular flexibility index (Phi) is 7.91. The van der Waals surface area contributed by atoms with E-state index in [9.17, 15) is 34.8 Å². The molecule has 16 heteroatoms. The van der Waals surface area contributed by atoms with E-state index in [2.05, 4.69) is 30.9 Å². The van der Waals surface area contributed by atoms with Gasteiger partial charge in [0.2, 0.25) is 11.8 Å². The molecule has 1 aliphatic heterocycles. The average molecular weight is 499 g/mol. The number of carbonyl (C=O) groups excluding carboxylic acids is 4. The number of esters is 1. The number of benzene rings is 1. The third kappa shape index (κ3) is 5.79. The van der Waals surface area contributed by atoms with Crippen molar-refractivity contribution in [1.29, 1.82) is 0 Å². The zero-order valence-corrected chi connectivity index (χ0v) is 19.1. The van der Waals surface area contributed by atoms with Crippen LogP contribution in [-0.2, 0) is 37.1 Å². The summed E-state index contributed by atoms with van der Waals surface area (Å²) >= 11 is 0. The third-order valence-electron chi connectivity index (χ3n) is 5.62. The Morgan fingerprint density at radius 3 is 2.56 bits per heavy atom. The smallest absolute Gasteiger partial charge is 0.441 e. The number of ether oxygens (including phenoxy) is 1. The summed E-state index contributed by atoms with van der Waals surface area (Å²) in [5.41, 5.74) is 8.66. The predicted octanol–water partition coefficient (Wildman–Crippen LogP) is -1.18. The number of carbonyl (C=O) groups is 4. The van der Waals surface area contributed by atoms with Crippen molar-refractivity contribution in [2.45, 2.75) is 39.1 Å². The van der Waals surface area contributed by atoms with Crippen molar-refractivity contribution in [2.24, 2.45) is 11.8 Å². The third-order valence-corrected chi connectivity index (χ3v) is 5.62. The second-order valence-electron chi connectivity index (χ2n) is 8.02. The molecule has 0 aliphatic carbocycles. The molecule has 1 aliphatic rings. The Morgan fingerprint density at radius 2 is 2.00 bits per heavy atom. The first-order valence-electron chi connectivity index (χ1n) is 10.6. The maximum Gasteiger partial charge on any atom is 0.441 e. The normalized spacial score (nSPS) is 18.0. The SMILES string of the molecule is CC(C(=O)C(=[N+]=[N-])C(=O)OCc1ccc([N+](=O)[O-])cc1)[C@H]1NC(=O)[C@@H]1C(C)NC(=O)Cn1cnnn1. The molecule has 4 atom stereocenters. The largest absolute Gasteiger partial charge is 0.452 e. The van der Waals surface area contributed by atoms with Gasteiger partial charge in [-0.1, -0.05) is 6.92 Å². The lowest BCUT2D eigenvalue weighted by molar-refractivity contribution is -0.384. The summed E-state index contributed by atoms with van der Waals surface area (Å²) in [7, 11) is 0. The molecule has 0 saturated carbocycles. The van der Waals surface area contributed by atoms with Crippen LogP contribution >= 0.6 is 0 Å². The molecule has 2 aromatic rings. The maximum atomic E-state index is 12.9. The zero-order chi connectivity index (χ0) is 26.4. The van der Waals surface area contributed by atoms with Gasteiger partial charge in [-0.2, -0.15) is 4.79 Å². The number of nitro groups is 1. The number of amides is 2. The molecule has 2 heterocycles. The van der Waals surface area contributed by atoms with Gasteiger partial charge in [0, 0.05) is 24.1 Å². The van der Waals surface area contributed by atoms with Crippen LogP contribution in [0.25, 0.3) is 5.53 Å². The maximum absolute atomic E-state index is 12.9. The minimum Gasteiger partial charge on any atom is -0.452 e. The van der Waals surface area contributed by atoms with Gasteiger partial charge in [0.25, 0.3) is 11.5 Å². The van der Waals surface area contributed by atoms with Crippen LogP contribution in [-0.4, -0.2) is 71.3 Å². The highest BCUT2D eigenvalue weighted by atomic mass is 16.6. The topological polar surface area (TPSA) is 225 Å². The molecule has 1 aromatic heterocycles. The number of β-lactam (4-membered cyclic amide) rings is 1. The Balaban J connectivity index is 1.58. The number of hydrogen-bond donors (Lipinski definition) is 2. The molecule has 2 amide bonds. The fraction of sp³-hybridized carbons (Fsp3) is 0.400. The zero-order valence-electron chi connectivity index (χ0n) is 19.1. The molecule has 2 unspecified atom stereocenters. The summed E-state index contributed by atoms with van der Waals surface area (Å²) in [6.45, 7) is 2.52. The van der Waals surface area contributed by atoms with E-state index in [-0.39, 0.29) is 18.8 Å². The predicted molar refractivity (Wildman–Crippen MR) is 117 cm³/mol. The molecule has 2 N–H and O–H groups in total. The number of rotatable bonds is 11. The second kappa shape index (κ2) is 11.1. The molecule has 16 nitrogen and oxygen atoms in total. The molecular formula is C20H21N9O7. The van der Waals surface area contributed by atoms with E-state index in [0.29, 0.717) is 5.56 Å².